The number of hydrogen-bond donors (Lipinski definition) is 1. The van der Waals surface area contributed by atoms with Crippen molar-refractivity contribution in [2.75, 3.05) is 12.4 Å². The van der Waals surface area contributed by atoms with Crippen LogP contribution >= 0.6 is 0 Å². The number of carbonyl (C=O) groups excluding carboxylic acids is 2. The Morgan fingerprint density at radius 1 is 0.960 bits per heavy atom. The molecule has 0 radical (unpaired) electrons. The van der Waals surface area contributed by atoms with Gasteiger partial charge in [0, 0.05) is 6.92 Å². The summed E-state index contributed by atoms with van der Waals surface area (Å²) in [6.45, 7) is -1.36. The summed E-state index contributed by atoms with van der Waals surface area (Å²) in [4.78, 5) is 21.4. The normalized spacial score (nSPS) is 14.2. The van der Waals surface area contributed by atoms with E-state index in [4.69, 9.17) is 0 Å². The molecule has 1 amide bonds. The van der Waals surface area contributed by atoms with Crippen molar-refractivity contribution in [1.82, 2.24) is 4.72 Å². The van der Waals surface area contributed by atoms with E-state index in [1.165, 1.54) is 0 Å². The van der Waals surface area contributed by atoms with E-state index in [2.05, 4.69) is 4.74 Å². The van der Waals surface area contributed by atoms with Gasteiger partial charge in [0.2, 0.25) is 10.0 Å². The highest BCUT2D eigenvalue weighted by atomic mass is 32.2. The topological polar surface area (TPSA) is 89.5 Å². The number of esters is 1. The molecule has 0 saturated heterocycles. The number of halogens is 9. The van der Waals surface area contributed by atoms with Gasteiger partial charge in [-0.25, -0.2) is 17.9 Å². The number of alkyl halides is 9. The molecule has 0 bridgehead atoms. The number of rotatable bonds is 7. The van der Waals surface area contributed by atoms with E-state index in [0.29, 0.717) is 0 Å². The van der Waals surface area contributed by atoms with Crippen molar-refractivity contribution in [3.63, 3.8) is 0 Å². The van der Waals surface area contributed by atoms with E-state index in [1.807, 2.05) is 0 Å². The Hall–Kier alpha value is -1.74. The van der Waals surface area contributed by atoms with Gasteiger partial charge in [-0.1, -0.05) is 0 Å². The summed E-state index contributed by atoms with van der Waals surface area (Å²) in [6, 6.07) is 0. The summed E-state index contributed by atoms with van der Waals surface area (Å²) in [6.07, 6.45) is -6.88. The predicted octanol–water partition coefficient (Wildman–Crippen LogP) is 1.46. The molecule has 25 heavy (non-hydrogen) atoms. The van der Waals surface area contributed by atoms with Gasteiger partial charge in [-0.3, -0.25) is 4.79 Å². The predicted molar refractivity (Wildman–Crippen MR) is 59.5 cm³/mol. The maximum absolute atomic E-state index is 12.9. The van der Waals surface area contributed by atoms with Crippen molar-refractivity contribution in [2.45, 2.75) is 30.9 Å². The molecular formula is C9H8F9NO5S. The minimum atomic E-state index is -6.89. The van der Waals surface area contributed by atoms with Crippen molar-refractivity contribution < 1.29 is 62.3 Å². The van der Waals surface area contributed by atoms with Gasteiger partial charge in [0.1, 0.15) is 12.4 Å². The van der Waals surface area contributed by atoms with E-state index in [0.717, 1.165) is 0 Å². The monoisotopic (exact) mass is 413 g/mol. The Kier molecular flexibility index (Phi) is 6.39. The molecule has 16 heteroatoms. The highest BCUT2D eigenvalue weighted by Crippen LogP contribution is 2.46. The third-order valence-corrected chi connectivity index (χ3v) is 3.43. The molecule has 0 aliphatic heterocycles. The minimum Gasteiger partial charge on any atom is -0.460 e. The minimum absolute atomic E-state index is 0.0609. The van der Waals surface area contributed by atoms with Crippen LogP contribution in [0.25, 0.3) is 0 Å². The first-order valence-corrected chi connectivity index (χ1v) is 7.33. The van der Waals surface area contributed by atoms with Gasteiger partial charge in [-0.15, -0.1) is 0 Å². The molecule has 0 aromatic carbocycles. The first-order chi connectivity index (χ1) is 10.8. The SMILES string of the molecule is CC(F)(F)C(=O)OCCS(=O)(=O)NC(=O)C(F)(F)C(F)(F)C(F)(F)F. The molecule has 0 spiro atoms. The zero-order valence-electron chi connectivity index (χ0n) is 11.8. The lowest BCUT2D eigenvalue weighted by atomic mass is 10.1. The van der Waals surface area contributed by atoms with Crippen LogP contribution in [0.1, 0.15) is 6.92 Å². The number of nitrogens with one attached hydrogen (secondary N) is 1. The second-order valence-corrected chi connectivity index (χ2v) is 6.26. The van der Waals surface area contributed by atoms with Crippen molar-refractivity contribution in [1.29, 1.82) is 0 Å². The zero-order chi connectivity index (χ0) is 20.5. The van der Waals surface area contributed by atoms with Crippen molar-refractivity contribution in [2.24, 2.45) is 0 Å². The van der Waals surface area contributed by atoms with Crippen LogP contribution < -0.4 is 4.72 Å². The van der Waals surface area contributed by atoms with Gasteiger partial charge in [-0.2, -0.15) is 39.5 Å². The summed E-state index contributed by atoms with van der Waals surface area (Å²) in [5, 5.41) is 0. The lowest BCUT2D eigenvalue weighted by molar-refractivity contribution is -0.343. The fourth-order valence-electron chi connectivity index (χ4n) is 0.948. The molecule has 148 valence electrons. The lowest BCUT2D eigenvalue weighted by Gasteiger charge is -2.26. The number of hydrogen-bond acceptors (Lipinski definition) is 5. The van der Waals surface area contributed by atoms with Gasteiger partial charge in [0.25, 0.3) is 0 Å². The zero-order valence-corrected chi connectivity index (χ0v) is 12.6. The third-order valence-electron chi connectivity index (χ3n) is 2.23. The van der Waals surface area contributed by atoms with Gasteiger partial charge in [0.15, 0.2) is 0 Å². The lowest BCUT2D eigenvalue weighted by Crippen LogP contribution is -2.60. The Morgan fingerprint density at radius 3 is 1.76 bits per heavy atom. The molecule has 0 aliphatic carbocycles. The average molecular weight is 413 g/mol. The maximum Gasteiger partial charge on any atom is 0.460 e. The second-order valence-electron chi connectivity index (χ2n) is 4.42. The van der Waals surface area contributed by atoms with Gasteiger partial charge >= 0.3 is 35.8 Å². The molecule has 0 heterocycles. The molecule has 0 aromatic rings. The van der Waals surface area contributed by atoms with E-state index in [-0.39, 0.29) is 11.6 Å². The Labute approximate surface area is 133 Å². The number of sulfonamides is 1. The summed E-state index contributed by atoms with van der Waals surface area (Å²) < 4.78 is 137. The van der Waals surface area contributed by atoms with Crippen LogP contribution in [-0.2, 0) is 24.3 Å². The molecule has 0 aromatic heterocycles. The number of ether oxygens (including phenoxy) is 1. The molecule has 0 rings (SSSR count). The van der Waals surface area contributed by atoms with E-state index < -0.39 is 58.2 Å². The van der Waals surface area contributed by atoms with Crippen LogP contribution in [-0.4, -0.2) is 56.6 Å². The van der Waals surface area contributed by atoms with E-state index >= 15 is 0 Å². The smallest absolute Gasteiger partial charge is 0.460 e. The standard InChI is InChI=1S/C9H8F9NO5S/c1-6(10,11)5(21)24-2-3-25(22,23)19-4(20)7(12,13)8(14,15)9(16,17)18/h2-3H2,1H3,(H,19,20). The highest BCUT2D eigenvalue weighted by molar-refractivity contribution is 7.90. The first kappa shape index (κ1) is 23.3. The average Bonchev–Trinajstić information content (AvgIpc) is 2.34. The van der Waals surface area contributed by atoms with E-state index in [1.54, 1.807) is 0 Å². The number of amides is 1. The van der Waals surface area contributed by atoms with Crippen LogP contribution in [0, 0.1) is 0 Å². The van der Waals surface area contributed by atoms with Gasteiger partial charge in [0.05, 0.1) is 0 Å². The fourth-order valence-corrected chi connectivity index (χ4v) is 1.76. The summed E-state index contributed by atoms with van der Waals surface area (Å²) in [5.74, 6) is -24.8. The molecule has 0 atom stereocenters. The molecule has 1 N–H and O–H groups in total. The summed E-state index contributed by atoms with van der Waals surface area (Å²) >= 11 is 0. The van der Waals surface area contributed by atoms with Crippen LogP contribution in [0.3, 0.4) is 0 Å². The summed E-state index contributed by atoms with van der Waals surface area (Å²) in [7, 11) is -5.31. The van der Waals surface area contributed by atoms with Crippen LogP contribution in [0.15, 0.2) is 0 Å². The van der Waals surface area contributed by atoms with E-state index in [9.17, 15) is 57.5 Å². The third kappa shape index (κ3) is 5.64. The largest absolute Gasteiger partial charge is 0.460 e. The molecule has 0 fully saturated rings. The maximum atomic E-state index is 12.9. The Bertz CT molecular complexity index is 622. The highest BCUT2D eigenvalue weighted by Gasteiger charge is 2.76. The number of carbonyl (C=O) groups is 2. The van der Waals surface area contributed by atoms with Gasteiger partial charge in [-0.05, 0) is 0 Å². The second kappa shape index (κ2) is 6.87. The molecule has 0 unspecified atom stereocenters. The molecule has 0 aliphatic rings. The van der Waals surface area contributed by atoms with Crippen molar-refractivity contribution in [3.05, 3.63) is 0 Å². The van der Waals surface area contributed by atoms with Crippen LogP contribution in [0.4, 0.5) is 39.5 Å². The fraction of sp³-hybridized carbons (Fsp3) is 0.778. The Morgan fingerprint density at radius 2 is 1.40 bits per heavy atom. The molecule has 6 nitrogen and oxygen atoms in total. The van der Waals surface area contributed by atoms with Crippen LogP contribution in [0.5, 0.6) is 0 Å². The van der Waals surface area contributed by atoms with Crippen LogP contribution in [0.2, 0.25) is 0 Å². The summed E-state index contributed by atoms with van der Waals surface area (Å²) in [5.41, 5.74) is 0. The van der Waals surface area contributed by atoms with Crippen molar-refractivity contribution >= 4 is 21.9 Å². The van der Waals surface area contributed by atoms with Gasteiger partial charge < -0.3 is 4.74 Å². The Balaban J connectivity index is 5.02. The molecule has 0 saturated carbocycles. The first-order valence-electron chi connectivity index (χ1n) is 5.68. The molecular weight excluding hydrogens is 405 g/mol. The quantitative estimate of drug-likeness (QED) is 0.505. The van der Waals surface area contributed by atoms with Crippen molar-refractivity contribution in [3.8, 4) is 0 Å².